The van der Waals surface area contributed by atoms with Crippen LogP contribution in [0, 0.1) is 6.92 Å². The highest BCUT2D eigenvalue weighted by molar-refractivity contribution is 5.85. The molecule has 3 nitrogen and oxygen atoms in total. The summed E-state index contributed by atoms with van der Waals surface area (Å²) >= 11 is 0. The smallest absolute Gasteiger partial charge is 0.122 e. The lowest BCUT2D eigenvalue weighted by atomic mass is 10.1. The molecule has 0 radical (unpaired) electrons. The second kappa shape index (κ2) is 3.95. The fourth-order valence-corrected chi connectivity index (χ4v) is 1.78. The van der Waals surface area contributed by atoms with Gasteiger partial charge in [0.2, 0.25) is 0 Å². The van der Waals surface area contributed by atoms with Crippen molar-refractivity contribution < 1.29 is 9.84 Å². The summed E-state index contributed by atoms with van der Waals surface area (Å²) in [5, 5.41) is 10.2. The number of benzene rings is 1. The highest BCUT2D eigenvalue weighted by Crippen LogP contribution is 2.27. The maximum absolute atomic E-state index is 9.04. The van der Waals surface area contributed by atoms with Crippen molar-refractivity contribution in [2.45, 2.75) is 20.5 Å². The first kappa shape index (κ1) is 10.1. The summed E-state index contributed by atoms with van der Waals surface area (Å²) in [6.07, 6.45) is 0. The van der Waals surface area contributed by atoms with Crippen molar-refractivity contribution in [3.63, 3.8) is 0 Å². The SMILES string of the molecule is CCOc1ccc2[nH]c(CO)cc2c1C. The number of nitrogens with one attached hydrogen (secondary N) is 1. The lowest BCUT2D eigenvalue weighted by Gasteiger charge is -2.06. The van der Waals surface area contributed by atoms with Crippen LogP contribution in [0.5, 0.6) is 5.75 Å². The van der Waals surface area contributed by atoms with Crippen LogP contribution in [-0.4, -0.2) is 16.7 Å². The fraction of sp³-hybridized carbons (Fsp3) is 0.333. The van der Waals surface area contributed by atoms with Crippen LogP contribution in [0.3, 0.4) is 0 Å². The zero-order valence-electron chi connectivity index (χ0n) is 9.00. The van der Waals surface area contributed by atoms with E-state index in [1.54, 1.807) is 0 Å². The third-order valence-electron chi connectivity index (χ3n) is 2.55. The Labute approximate surface area is 88.7 Å². The van der Waals surface area contributed by atoms with Crippen LogP contribution < -0.4 is 4.74 Å². The monoisotopic (exact) mass is 205 g/mol. The van der Waals surface area contributed by atoms with E-state index in [9.17, 15) is 0 Å². The van der Waals surface area contributed by atoms with Gasteiger partial charge >= 0.3 is 0 Å². The first-order valence-corrected chi connectivity index (χ1v) is 5.11. The molecule has 2 aromatic rings. The van der Waals surface area contributed by atoms with Crippen LogP contribution in [-0.2, 0) is 6.61 Å². The van der Waals surface area contributed by atoms with Gasteiger partial charge in [0.1, 0.15) is 5.75 Å². The molecule has 0 unspecified atom stereocenters. The number of aliphatic hydroxyl groups is 1. The normalized spacial score (nSPS) is 10.9. The maximum atomic E-state index is 9.04. The summed E-state index contributed by atoms with van der Waals surface area (Å²) in [5.41, 5.74) is 2.99. The molecule has 0 saturated heterocycles. The quantitative estimate of drug-likeness (QED) is 0.808. The molecule has 0 fully saturated rings. The Morgan fingerprint density at radius 3 is 2.87 bits per heavy atom. The van der Waals surface area contributed by atoms with Crippen LogP contribution >= 0.6 is 0 Å². The lowest BCUT2D eigenvalue weighted by Crippen LogP contribution is -1.93. The van der Waals surface area contributed by atoms with Gasteiger partial charge in [0.05, 0.1) is 13.2 Å². The van der Waals surface area contributed by atoms with Gasteiger partial charge in [-0.1, -0.05) is 0 Å². The molecule has 3 heteroatoms. The van der Waals surface area contributed by atoms with Gasteiger partial charge < -0.3 is 14.8 Å². The standard InChI is InChI=1S/C12H15NO2/c1-3-15-12-5-4-11-10(8(12)2)6-9(7-14)13-11/h4-6,13-14H,3,7H2,1-2H3. The number of hydrogen-bond donors (Lipinski definition) is 2. The molecule has 1 aromatic heterocycles. The molecular formula is C12H15NO2. The largest absolute Gasteiger partial charge is 0.494 e. The van der Waals surface area contributed by atoms with E-state index >= 15 is 0 Å². The van der Waals surface area contributed by atoms with E-state index < -0.39 is 0 Å². The minimum absolute atomic E-state index is 0.0398. The molecule has 1 heterocycles. The Bertz CT molecular complexity index is 474. The first-order valence-electron chi connectivity index (χ1n) is 5.11. The number of hydrogen-bond acceptors (Lipinski definition) is 2. The van der Waals surface area contributed by atoms with Gasteiger partial charge in [0.25, 0.3) is 0 Å². The van der Waals surface area contributed by atoms with Crippen molar-refractivity contribution in [2.24, 2.45) is 0 Å². The summed E-state index contributed by atoms with van der Waals surface area (Å²) in [6, 6.07) is 5.90. The molecule has 0 aliphatic carbocycles. The van der Waals surface area contributed by atoms with E-state index in [2.05, 4.69) is 4.98 Å². The van der Waals surface area contributed by atoms with E-state index in [0.717, 1.165) is 27.9 Å². The van der Waals surface area contributed by atoms with Gasteiger partial charge in [0.15, 0.2) is 0 Å². The maximum Gasteiger partial charge on any atom is 0.122 e. The second-order valence-electron chi connectivity index (χ2n) is 3.54. The van der Waals surface area contributed by atoms with Crippen molar-refractivity contribution in [1.82, 2.24) is 4.98 Å². The summed E-state index contributed by atoms with van der Waals surface area (Å²) in [5.74, 6) is 0.911. The number of aromatic nitrogens is 1. The third kappa shape index (κ3) is 1.70. The number of H-pyrrole nitrogens is 1. The van der Waals surface area contributed by atoms with Gasteiger partial charge in [-0.2, -0.15) is 0 Å². The number of fused-ring (bicyclic) bond motifs is 1. The van der Waals surface area contributed by atoms with E-state index in [4.69, 9.17) is 9.84 Å². The van der Waals surface area contributed by atoms with Crippen LogP contribution in [0.4, 0.5) is 0 Å². The van der Waals surface area contributed by atoms with Crippen LogP contribution in [0.25, 0.3) is 10.9 Å². The molecule has 0 aliphatic rings. The van der Waals surface area contributed by atoms with Crippen molar-refractivity contribution in [2.75, 3.05) is 6.61 Å². The highest BCUT2D eigenvalue weighted by Gasteiger charge is 2.06. The molecule has 80 valence electrons. The summed E-state index contributed by atoms with van der Waals surface area (Å²) in [7, 11) is 0. The number of rotatable bonds is 3. The number of aromatic amines is 1. The molecule has 1 aromatic carbocycles. The molecule has 0 atom stereocenters. The van der Waals surface area contributed by atoms with Gasteiger partial charge in [-0.25, -0.2) is 0 Å². The van der Waals surface area contributed by atoms with E-state index in [1.165, 1.54) is 0 Å². The predicted octanol–water partition coefficient (Wildman–Crippen LogP) is 2.37. The van der Waals surface area contributed by atoms with Crippen molar-refractivity contribution in [1.29, 1.82) is 0 Å². The minimum Gasteiger partial charge on any atom is -0.494 e. The van der Waals surface area contributed by atoms with Gasteiger partial charge in [-0.3, -0.25) is 0 Å². The average molecular weight is 205 g/mol. The van der Waals surface area contributed by atoms with Gasteiger partial charge in [0, 0.05) is 22.2 Å². The lowest BCUT2D eigenvalue weighted by molar-refractivity contribution is 0.278. The molecule has 0 aliphatic heterocycles. The third-order valence-corrected chi connectivity index (χ3v) is 2.55. The average Bonchev–Trinajstić information content (AvgIpc) is 2.66. The molecule has 15 heavy (non-hydrogen) atoms. The zero-order valence-corrected chi connectivity index (χ0v) is 9.00. The topological polar surface area (TPSA) is 45.2 Å². The molecule has 0 amide bonds. The van der Waals surface area contributed by atoms with E-state index in [1.807, 2.05) is 32.0 Å². The number of aliphatic hydroxyl groups excluding tert-OH is 1. The van der Waals surface area contributed by atoms with Crippen LogP contribution in [0.15, 0.2) is 18.2 Å². The molecule has 2 N–H and O–H groups in total. The Balaban J connectivity index is 2.56. The number of aryl methyl sites for hydroxylation is 1. The van der Waals surface area contributed by atoms with Crippen molar-refractivity contribution in [3.8, 4) is 5.75 Å². The van der Waals surface area contributed by atoms with E-state index in [0.29, 0.717) is 6.61 Å². The molecular weight excluding hydrogens is 190 g/mol. The summed E-state index contributed by atoms with van der Waals surface area (Å²) in [4.78, 5) is 3.15. The second-order valence-corrected chi connectivity index (χ2v) is 3.54. The van der Waals surface area contributed by atoms with Gasteiger partial charge in [-0.15, -0.1) is 0 Å². The molecule has 0 saturated carbocycles. The Hall–Kier alpha value is -1.48. The minimum atomic E-state index is 0.0398. The molecule has 2 rings (SSSR count). The highest BCUT2D eigenvalue weighted by atomic mass is 16.5. The van der Waals surface area contributed by atoms with Gasteiger partial charge in [-0.05, 0) is 32.0 Å². The van der Waals surface area contributed by atoms with Crippen molar-refractivity contribution in [3.05, 3.63) is 29.5 Å². The number of ether oxygens (including phenoxy) is 1. The summed E-state index contributed by atoms with van der Waals surface area (Å²) < 4.78 is 5.51. The zero-order chi connectivity index (χ0) is 10.8. The molecule has 0 bridgehead atoms. The van der Waals surface area contributed by atoms with Crippen molar-refractivity contribution >= 4 is 10.9 Å². The van der Waals surface area contributed by atoms with Crippen LogP contribution in [0.1, 0.15) is 18.2 Å². The first-order chi connectivity index (χ1) is 7.26. The van der Waals surface area contributed by atoms with Crippen LogP contribution in [0.2, 0.25) is 0 Å². The Kier molecular flexibility index (Phi) is 2.64. The fourth-order valence-electron chi connectivity index (χ4n) is 1.78. The molecule has 0 spiro atoms. The Morgan fingerprint density at radius 1 is 1.40 bits per heavy atom. The Morgan fingerprint density at radius 2 is 2.20 bits per heavy atom. The predicted molar refractivity (Wildman–Crippen MR) is 60.1 cm³/mol. The van der Waals surface area contributed by atoms with E-state index in [-0.39, 0.29) is 6.61 Å². The summed E-state index contributed by atoms with van der Waals surface area (Å²) in [6.45, 7) is 4.71.